The fraction of sp³-hybridized carbons (Fsp3) is 0.455. The van der Waals surface area contributed by atoms with Crippen LogP contribution in [-0.4, -0.2) is 75.5 Å². The molecular weight excluding hydrogens is 539 g/mol. The number of guanidine groups is 1. The minimum Gasteiger partial charge on any atom is -0.355 e. The lowest BCUT2D eigenvalue weighted by Gasteiger charge is -2.40. The number of hydrogen-bond donors (Lipinski definition) is 2. The monoisotopic (exact) mass is 572 g/mol. The number of nitrogens with one attached hydrogen (secondary N) is 2. The van der Waals surface area contributed by atoms with Gasteiger partial charge in [-0.05, 0) is 24.1 Å². The normalized spacial score (nSPS) is 16.3. The van der Waals surface area contributed by atoms with Crippen LogP contribution in [0.15, 0.2) is 64.7 Å². The highest BCUT2D eigenvalue weighted by atomic mass is 127. The first-order valence-electron chi connectivity index (χ1n) is 10.7. The Hall–Kier alpha value is -1.76. The van der Waals surface area contributed by atoms with E-state index < -0.39 is 10.0 Å². The van der Waals surface area contributed by atoms with Gasteiger partial charge in [0.25, 0.3) is 0 Å². The van der Waals surface area contributed by atoms with E-state index in [1.165, 1.54) is 17.8 Å². The maximum Gasteiger partial charge on any atom is 0.242 e. The lowest BCUT2D eigenvalue weighted by atomic mass is 10.0. The number of aliphatic imine (C=N–C) groups is 1. The summed E-state index contributed by atoms with van der Waals surface area (Å²) in [4.78, 5) is 13.2. The second kappa shape index (κ2) is 13.1. The van der Waals surface area contributed by atoms with Crippen LogP contribution in [0, 0.1) is 0 Å². The maximum atomic E-state index is 12.3. The van der Waals surface area contributed by atoms with Gasteiger partial charge in [-0.2, -0.15) is 0 Å². The van der Waals surface area contributed by atoms with Gasteiger partial charge in [-0.15, -0.1) is 24.0 Å². The summed E-state index contributed by atoms with van der Waals surface area (Å²) in [5.74, 6) is 0.799. The van der Waals surface area contributed by atoms with Crippen molar-refractivity contribution in [3.05, 3.63) is 60.4 Å². The van der Waals surface area contributed by atoms with Gasteiger partial charge in [0.15, 0.2) is 5.96 Å². The molecule has 1 aromatic carbocycles. The molecule has 10 heteroatoms. The second-order valence-corrected chi connectivity index (χ2v) is 9.19. The van der Waals surface area contributed by atoms with E-state index in [0.717, 1.165) is 38.6 Å². The topological polar surface area (TPSA) is 89.9 Å². The number of hydrogen-bond acceptors (Lipinski definition) is 5. The van der Waals surface area contributed by atoms with E-state index >= 15 is 0 Å². The number of aromatic nitrogens is 1. The first-order chi connectivity index (χ1) is 15.0. The molecule has 1 aromatic heterocycles. The van der Waals surface area contributed by atoms with E-state index in [4.69, 9.17) is 0 Å². The number of sulfonamides is 1. The molecule has 176 valence electrons. The largest absolute Gasteiger partial charge is 0.355 e. The second-order valence-electron chi connectivity index (χ2n) is 7.42. The Labute approximate surface area is 208 Å². The molecule has 32 heavy (non-hydrogen) atoms. The Morgan fingerprint density at radius 2 is 1.81 bits per heavy atom. The van der Waals surface area contributed by atoms with Crippen molar-refractivity contribution < 1.29 is 8.42 Å². The van der Waals surface area contributed by atoms with Crippen molar-refractivity contribution in [2.45, 2.75) is 24.3 Å². The number of benzene rings is 1. The first kappa shape index (κ1) is 26.5. The third kappa shape index (κ3) is 7.12. The van der Waals surface area contributed by atoms with Crippen molar-refractivity contribution in [3.63, 3.8) is 0 Å². The van der Waals surface area contributed by atoms with Crippen LogP contribution >= 0.6 is 24.0 Å². The maximum absolute atomic E-state index is 12.3. The first-order valence-corrected chi connectivity index (χ1v) is 12.2. The molecule has 2 heterocycles. The van der Waals surface area contributed by atoms with Gasteiger partial charge < -0.3 is 10.2 Å². The van der Waals surface area contributed by atoms with Gasteiger partial charge in [-0.1, -0.05) is 37.3 Å². The summed E-state index contributed by atoms with van der Waals surface area (Å²) in [6.45, 7) is 6.63. The van der Waals surface area contributed by atoms with Crippen LogP contribution in [0.2, 0.25) is 0 Å². The molecule has 1 unspecified atom stereocenters. The summed E-state index contributed by atoms with van der Waals surface area (Å²) in [5.41, 5.74) is 1.36. The minimum absolute atomic E-state index is 0. The van der Waals surface area contributed by atoms with Gasteiger partial charge in [0.1, 0.15) is 4.90 Å². The summed E-state index contributed by atoms with van der Waals surface area (Å²) in [5, 5.41) is 3.27. The van der Waals surface area contributed by atoms with Crippen molar-refractivity contribution in [2.75, 3.05) is 46.3 Å². The summed E-state index contributed by atoms with van der Waals surface area (Å²) in [7, 11) is -1.79. The zero-order valence-corrected chi connectivity index (χ0v) is 21.8. The molecule has 0 aliphatic carbocycles. The van der Waals surface area contributed by atoms with Gasteiger partial charge in [0.2, 0.25) is 10.0 Å². The molecule has 1 fully saturated rings. The van der Waals surface area contributed by atoms with Crippen LogP contribution < -0.4 is 10.0 Å². The predicted octanol–water partition coefficient (Wildman–Crippen LogP) is 2.32. The minimum atomic E-state index is -3.55. The van der Waals surface area contributed by atoms with Gasteiger partial charge in [-0.3, -0.25) is 14.9 Å². The van der Waals surface area contributed by atoms with E-state index in [9.17, 15) is 8.42 Å². The van der Waals surface area contributed by atoms with Crippen LogP contribution in [0.25, 0.3) is 0 Å². The molecule has 2 aromatic rings. The van der Waals surface area contributed by atoms with Crippen LogP contribution in [0.5, 0.6) is 0 Å². The highest BCUT2D eigenvalue weighted by Crippen LogP contribution is 2.25. The Bertz CT molecular complexity index is 935. The van der Waals surface area contributed by atoms with E-state index in [1.807, 2.05) is 0 Å². The average Bonchev–Trinajstić information content (AvgIpc) is 2.81. The molecule has 1 aliphatic rings. The molecule has 0 radical (unpaired) electrons. The standard InChI is InChI=1S/C22H32N6O2S.HI/c1-3-21(19-8-5-4-6-9-19)27-14-16-28(17-15-27)22(23-2)25-12-13-26-31(29,30)20-10-7-11-24-18-20;/h4-11,18,21,26H,3,12-17H2,1-2H3,(H,23,25);1H. The Morgan fingerprint density at radius 1 is 1.09 bits per heavy atom. The predicted molar refractivity (Wildman–Crippen MR) is 139 cm³/mol. The molecular formula is C22H33IN6O2S. The number of nitrogens with zero attached hydrogens (tertiary/aromatic N) is 4. The van der Waals surface area contributed by atoms with Crippen molar-refractivity contribution in [2.24, 2.45) is 4.99 Å². The number of piperazine rings is 1. The number of pyridine rings is 1. The SMILES string of the molecule is CCC(c1ccccc1)N1CCN(C(=NC)NCCNS(=O)(=O)c2cccnc2)CC1.I. The Morgan fingerprint density at radius 3 is 2.41 bits per heavy atom. The van der Waals surface area contributed by atoms with Crippen LogP contribution in [0.1, 0.15) is 24.9 Å². The summed E-state index contributed by atoms with van der Waals surface area (Å²) in [6, 6.07) is 14.2. The Balaban J connectivity index is 0.00000363. The highest BCUT2D eigenvalue weighted by molar-refractivity contribution is 14.0. The molecule has 8 nitrogen and oxygen atoms in total. The fourth-order valence-corrected chi connectivity index (χ4v) is 4.90. The lowest BCUT2D eigenvalue weighted by molar-refractivity contribution is 0.127. The van der Waals surface area contributed by atoms with Crippen LogP contribution in [-0.2, 0) is 10.0 Å². The lowest BCUT2D eigenvalue weighted by Crippen LogP contribution is -2.53. The summed E-state index contributed by atoms with van der Waals surface area (Å²) >= 11 is 0. The number of halogens is 1. The van der Waals surface area contributed by atoms with Gasteiger partial charge >= 0.3 is 0 Å². The molecule has 0 amide bonds. The zero-order chi connectivity index (χ0) is 22.1. The molecule has 0 saturated carbocycles. The molecule has 0 spiro atoms. The van der Waals surface area contributed by atoms with E-state index in [0.29, 0.717) is 12.6 Å². The zero-order valence-electron chi connectivity index (χ0n) is 18.6. The van der Waals surface area contributed by atoms with Crippen molar-refractivity contribution >= 4 is 40.0 Å². The average molecular weight is 573 g/mol. The Kier molecular flexibility index (Phi) is 10.8. The molecule has 1 aliphatic heterocycles. The van der Waals surface area contributed by atoms with Crippen molar-refractivity contribution in [1.29, 1.82) is 0 Å². The van der Waals surface area contributed by atoms with Gasteiger partial charge in [0.05, 0.1) is 0 Å². The molecule has 3 rings (SSSR count). The smallest absolute Gasteiger partial charge is 0.242 e. The molecule has 0 bridgehead atoms. The van der Waals surface area contributed by atoms with E-state index in [-0.39, 0.29) is 35.4 Å². The molecule has 1 saturated heterocycles. The fourth-order valence-electron chi connectivity index (χ4n) is 3.91. The van der Waals surface area contributed by atoms with E-state index in [1.54, 1.807) is 19.3 Å². The number of rotatable bonds is 8. The van der Waals surface area contributed by atoms with Gasteiger partial charge in [-0.25, -0.2) is 13.1 Å². The van der Waals surface area contributed by atoms with Crippen LogP contribution in [0.3, 0.4) is 0 Å². The molecule has 2 N–H and O–H groups in total. The highest BCUT2D eigenvalue weighted by Gasteiger charge is 2.25. The van der Waals surface area contributed by atoms with Crippen molar-refractivity contribution in [3.8, 4) is 0 Å². The van der Waals surface area contributed by atoms with E-state index in [2.05, 4.69) is 67.1 Å². The summed E-state index contributed by atoms with van der Waals surface area (Å²) in [6.07, 6.45) is 3.97. The molecule has 1 atom stereocenters. The third-order valence-electron chi connectivity index (χ3n) is 5.48. The summed E-state index contributed by atoms with van der Waals surface area (Å²) < 4.78 is 27.1. The quantitative estimate of drug-likeness (QED) is 0.219. The third-order valence-corrected chi connectivity index (χ3v) is 6.93. The van der Waals surface area contributed by atoms with Crippen LogP contribution in [0.4, 0.5) is 0 Å². The van der Waals surface area contributed by atoms with Gasteiger partial charge in [0, 0.05) is 64.8 Å². The van der Waals surface area contributed by atoms with Crippen molar-refractivity contribution in [1.82, 2.24) is 24.8 Å².